The first kappa shape index (κ1) is 45.4. The summed E-state index contributed by atoms with van der Waals surface area (Å²) in [7, 11) is 0. The molecule has 5 aromatic heterocycles. The van der Waals surface area contributed by atoms with Crippen molar-refractivity contribution in [2.45, 2.75) is 50.7 Å². The molecule has 0 radical (unpaired) electrons. The van der Waals surface area contributed by atoms with E-state index in [2.05, 4.69) is 83.1 Å². The molecule has 0 bridgehead atoms. The number of nitrogen functional groups attached to an aromatic ring is 2. The smallest absolute Gasteiger partial charge is 0.444 e. The summed E-state index contributed by atoms with van der Waals surface area (Å²) in [6.45, 7) is 9.50. The van der Waals surface area contributed by atoms with Crippen LogP contribution < -0.4 is 46.5 Å². The van der Waals surface area contributed by atoms with Crippen LogP contribution in [0.4, 0.5) is 25.7 Å². The minimum atomic E-state index is 0. The van der Waals surface area contributed by atoms with Gasteiger partial charge in [0.1, 0.15) is 11.6 Å². The van der Waals surface area contributed by atoms with Crippen molar-refractivity contribution >= 4 is 106 Å². The third kappa shape index (κ3) is 21.2. The Morgan fingerprint density at radius 3 is 1.78 bits per heavy atom. The first-order valence-corrected chi connectivity index (χ1v) is 17.4. The van der Waals surface area contributed by atoms with Gasteiger partial charge in [-0.25, -0.2) is 15.4 Å². The van der Waals surface area contributed by atoms with Crippen LogP contribution >= 0.6 is 80.8 Å². The molecule has 0 atom stereocenters. The Balaban J connectivity index is 0. The zero-order valence-corrected chi connectivity index (χ0v) is 32.2. The molecular weight excluding hydrogens is 748 g/mol. The van der Waals surface area contributed by atoms with Crippen LogP contribution in [-0.2, 0) is 0 Å². The van der Waals surface area contributed by atoms with E-state index in [1.165, 1.54) is 45.7 Å². The monoisotopic (exact) mass is 775 g/mol. The molecule has 5 heterocycles. The first-order valence-electron chi connectivity index (χ1n) is 11.4. The van der Waals surface area contributed by atoms with Gasteiger partial charge in [-0.1, -0.05) is 77.8 Å². The molecule has 5 rings (SSSR count). The molecule has 5 N–H and O–H groups in total. The van der Waals surface area contributed by atoms with E-state index in [0.29, 0.717) is 37.3 Å². The van der Waals surface area contributed by atoms with Crippen molar-refractivity contribution in [3.05, 3.63) is 32.6 Å². The maximum atomic E-state index is 8.08. The van der Waals surface area contributed by atoms with Crippen LogP contribution in [0, 0.1) is 36.3 Å². The van der Waals surface area contributed by atoms with Crippen molar-refractivity contribution in [2.75, 3.05) is 28.4 Å². The average molecular weight is 776 g/mol. The molecule has 0 aliphatic heterocycles. The summed E-state index contributed by atoms with van der Waals surface area (Å²) in [5, 5.41) is 42.6. The fraction of sp³-hybridized carbons (Fsp3) is 0.444. The molecule has 0 saturated carbocycles. The second-order valence-electron chi connectivity index (χ2n) is 6.56. The van der Waals surface area contributed by atoms with E-state index in [1.807, 2.05) is 13.8 Å². The van der Waals surface area contributed by atoms with Gasteiger partial charge in [0.25, 0.3) is 11.0 Å². The number of thioether (sulfide) groups is 2. The third-order valence-corrected chi connectivity index (χ3v) is 8.94. The molecule has 0 fully saturated rings. The molecule has 0 aromatic carbocycles. The summed E-state index contributed by atoms with van der Waals surface area (Å²) >= 11 is 9.66. The zero-order chi connectivity index (χ0) is 32.7. The summed E-state index contributed by atoms with van der Waals surface area (Å²) in [6, 6.07) is 0. The van der Waals surface area contributed by atoms with Crippen molar-refractivity contribution in [3.8, 4) is 0 Å². The fourth-order valence-corrected chi connectivity index (χ4v) is 6.43. The summed E-state index contributed by atoms with van der Waals surface area (Å²) in [4.78, 5) is 22.4. The SMILES string of the molecule is C.CCSc1nnc(N)s1.CCSc1nnc(N=NNc2nc(C)ns2)s1.Cc1nsc(N)n1.Cc1nsc([N+]#N)n1.O=N[O-].[Na+]. The van der Waals surface area contributed by atoms with E-state index in [4.69, 9.17) is 27.0 Å². The van der Waals surface area contributed by atoms with E-state index in [1.54, 1.807) is 30.4 Å². The van der Waals surface area contributed by atoms with Crippen LogP contribution in [-0.4, -0.2) is 60.0 Å². The number of diazo groups is 1. The first-order chi connectivity index (χ1) is 21.1. The van der Waals surface area contributed by atoms with E-state index in [-0.39, 0.29) is 37.0 Å². The van der Waals surface area contributed by atoms with Gasteiger partial charge >= 0.3 is 34.7 Å². The summed E-state index contributed by atoms with van der Waals surface area (Å²) in [5.74, 6) is 4.10. The van der Waals surface area contributed by atoms with Gasteiger partial charge in [0, 0.05) is 39.9 Å². The number of hydrogen-bond acceptors (Lipinski definition) is 25. The number of hydrogen-bond donors (Lipinski definition) is 3. The van der Waals surface area contributed by atoms with Crippen molar-refractivity contribution in [1.29, 1.82) is 5.39 Å². The topological polar surface area (TPSA) is 298 Å². The molecule has 244 valence electrons. The van der Waals surface area contributed by atoms with E-state index < -0.39 is 0 Å². The van der Waals surface area contributed by atoms with Gasteiger partial charge in [0.2, 0.25) is 10.3 Å². The Kier molecular flexibility index (Phi) is 27.1. The second kappa shape index (κ2) is 27.4. The van der Waals surface area contributed by atoms with Crippen LogP contribution in [0.1, 0.15) is 38.7 Å². The van der Waals surface area contributed by atoms with Gasteiger partial charge in [-0.05, 0) is 25.4 Å². The minimum Gasteiger partial charge on any atom is -0.444 e. The van der Waals surface area contributed by atoms with Gasteiger partial charge in [-0.15, -0.1) is 30.1 Å². The Morgan fingerprint density at radius 1 is 0.848 bits per heavy atom. The van der Waals surface area contributed by atoms with Crippen LogP contribution in [0.5, 0.6) is 0 Å². The maximum absolute atomic E-state index is 8.08. The van der Waals surface area contributed by atoms with Gasteiger partial charge in [0.15, 0.2) is 13.8 Å². The van der Waals surface area contributed by atoms with Gasteiger partial charge in [0.05, 0.1) is 16.9 Å². The van der Waals surface area contributed by atoms with Crippen molar-refractivity contribution < 1.29 is 29.6 Å². The number of anilines is 3. The molecule has 28 heteroatoms. The molecule has 20 nitrogen and oxygen atoms in total. The van der Waals surface area contributed by atoms with Crippen LogP contribution in [0.2, 0.25) is 0 Å². The molecule has 0 amide bonds. The number of aryl methyl sites for hydroxylation is 3. The molecule has 46 heavy (non-hydrogen) atoms. The Bertz CT molecular complexity index is 1550. The molecule has 0 aliphatic carbocycles. The molecule has 0 saturated heterocycles. The quantitative estimate of drug-likeness (QED) is 0.0528. The predicted molar refractivity (Wildman–Crippen MR) is 184 cm³/mol. The second-order valence-corrected chi connectivity index (χ2v) is 13.8. The Morgan fingerprint density at radius 2 is 1.39 bits per heavy atom. The van der Waals surface area contributed by atoms with E-state index in [9.17, 15) is 0 Å². The number of aromatic nitrogens is 10. The van der Waals surface area contributed by atoms with E-state index in [0.717, 1.165) is 42.9 Å². The fourth-order valence-electron chi connectivity index (χ4n) is 1.92. The van der Waals surface area contributed by atoms with Crippen LogP contribution in [0.3, 0.4) is 0 Å². The Hall–Kier alpha value is -2.68. The van der Waals surface area contributed by atoms with Crippen LogP contribution in [0.15, 0.2) is 24.4 Å². The maximum Gasteiger partial charge on any atom is 1.00 e. The number of nitrogens with two attached hydrogens (primary N) is 2. The number of nitrogens with one attached hydrogen (secondary N) is 1. The standard InChI is InChI=1S/C7H9N7S3.C4H7N3S2.C3H3N4S.C3H5N3S.CH4.HNO2.Na/c1-3-15-7-12-9-6(16-7)11-14-10-5-8-4(2)13-17-5;1-2-8-4-7-6-3(5)9-4;1-2-5-3(6-4)8-7-2;1-2-5-3(4)7-6-2;;2-1-3;/h3H2,1-2H3,(H,8,9,10,11,13);2H2,1H3,(H2,5,6);1H3;1H3,(H2,4,5,6);1H4;(H,2,3);/q;;+1;;;;+1/p-1. The summed E-state index contributed by atoms with van der Waals surface area (Å²) in [6.07, 6.45) is 0. The average Bonchev–Trinajstić information content (AvgIpc) is 3.83. The largest absolute Gasteiger partial charge is 1.00 e. The molecular formula is C18H28N18NaO2S7+. The van der Waals surface area contributed by atoms with E-state index >= 15 is 0 Å². The van der Waals surface area contributed by atoms with Crippen LogP contribution in [0.25, 0.3) is 4.98 Å². The van der Waals surface area contributed by atoms with Crippen molar-refractivity contribution in [2.24, 2.45) is 15.7 Å². The van der Waals surface area contributed by atoms with Gasteiger partial charge in [-0.2, -0.15) is 8.75 Å². The van der Waals surface area contributed by atoms with Gasteiger partial charge < -0.3 is 21.6 Å². The number of nitrogens with zero attached hydrogens (tertiary/aromatic N) is 15. The predicted octanol–water partition coefficient (Wildman–Crippen LogP) is 3.80. The molecule has 0 spiro atoms. The third-order valence-electron chi connectivity index (χ3n) is 3.31. The molecule has 0 unspecified atom stereocenters. The zero-order valence-electron chi connectivity index (χ0n) is 24.5. The normalized spacial score (nSPS) is 9.22. The van der Waals surface area contributed by atoms with Crippen molar-refractivity contribution in [3.63, 3.8) is 0 Å². The molecule has 0 aliphatic rings. The Labute approximate surface area is 314 Å². The van der Waals surface area contributed by atoms with Crippen molar-refractivity contribution in [1.82, 2.24) is 48.5 Å². The number of rotatable bonds is 7. The summed E-state index contributed by atoms with van der Waals surface area (Å²) in [5.41, 5.74) is 13.3. The van der Waals surface area contributed by atoms with Gasteiger partial charge in [-0.3, -0.25) is 0 Å². The minimum absolute atomic E-state index is 0. The summed E-state index contributed by atoms with van der Waals surface area (Å²) < 4.78 is 13.4. The molecule has 5 aromatic rings.